The summed E-state index contributed by atoms with van der Waals surface area (Å²) >= 11 is 0. The predicted molar refractivity (Wildman–Crippen MR) is 79.4 cm³/mol. The van der Waals surface area contributed by atoms with E-state index < -0.39 is 9.84 Å². The Labute approximate surface area is 121 Å². The summed E-state index contributed by atoms with van der Waals surface area (Å²) < 4.78 is 29.5. The summed E-state index contributed by atoms with van der Waals surface area (Å²) in [6.07, 6.45) is 0.430. The lowest BCUT2D eigenvalue weighted by Gasteiger charge is -2.16. The summed E-state index contributed by atoms with van der Waals surface area (Å²) in [4.78, 5) is 0. The number of nitriles is 1. The van der Waals surface area contributed by atoms with Gasteiger partial charge in [0.2, 0.25) is 0 Å². The second-order valence-electron chi connectivity index (χ2n) is 5.13. The average molecular weight is 295 g/mol. The fraction of sp³-hybridized carbons (Fsp3) is 0.533. The van der Waals surface area contributed by atoms with Crippen LogP contribution in [-0.4, -0.2) is 26.0 Å². The third-order valence-electron chi connectivity index (χ3n) is 3.34. The van der Waals surface area contributed by atoms with Gasteiger partial charge in [0.25, 0.3) is 0 Å². The number of nitrogens with zero attached hydrogens (tertiary/aromatic N) is 1. The third-order valence-corrected chi connectivity index (χ3v) is 5.88. The molecular formula is C15H21NO3S. The first-order valence-electron chi connectivity index (χ1n) is 6.72. The van der Waals surface area contributed by atoms with E-state index in [-0.39, 0.29) is 16.9 Å². The van der Waals surface area contributed by atoms with Crippen molar-refractivity contribution in [3.63, 3.8) is 0 Å². The van der Waals surface area contributed by atoms with Crippen LogP contribution in [0.15, 0.2) is 24.3 Å². The van der Waals surface area contributed by atoms with Gasteiger partial charge in [-0.15, -0.1) is 0 Å². The van der Waals surface area contributed by atoms with Crippen molar-refractivity contribution in [3.8, 4) is 11.8 Å². The summed E-state index contributed by atoms with van der Waals surface area (Å²) in [6.45, 7) is 5.85. The Morgan fingerprint density at radius 1 is 1.25 bits per heavy atom. The Morgan fingerprint density at radius 3 is 2.50 bits per heavy atom. The zero-order valence-electron chi connectivity index (χ0n) is 12.2. The molecule has 0 aliphatic rings. The van der Waals surface area contributed by atoms with Crippen LogP contribution in [0.5, 0.6) is 5.75 Å². The van der Waals surface area contributed by atoms with Crippen LogP contribution >= 0.6 is 0 Å². The van der Waals surface area contributed by atoms with Gasteiger partial charge in [0, 0.05) is 0 Å². The predicted octanol–water partition coefficient (Wildman–Crippen LogP) is 2.79. The van der Waals surface area contributed by atoms with Gasteiger partial charge in [-0.2, -0.15) is 5.26 Å². The molecule has 0 bridgehead atoms. The molecule has 1 rings (SSSR count). The molecule has 1 atom stereocenters. The van der Waals surface area contributed by atoms with Crippen LogP contribution in [0.4, 0.5) is 0 Å². The van der Waals surface area contributed by atoms with Crippen molar-refractivity contribution in [1.82, 2.24) is 0 Å². The topological polar surface area (TPSA) is 67.2 Å². The Bertz CT molecular complexity index is 573. The molecule has 0 saturated heterocycles. The number of hydrogen-bond donors (Lipinski definition) is 0. The number of sulfone groups is 1. The molecule has 0 spiro atoms. The second kappa shape index (κ2) is 7.30. The van der Waals surface area contributed by atoms with Gasteiger partial charge in [-0.1, -0.05) is 26.0 Å². The van der Waals surface area contributed by atoms with E-state index in [0.29, 0.717) is 24.3 Å². The van der Waals surface area contributed by atoms with Crippen LogP contribution in [0.2, 0.25) is 0 Å². The molecule has 1 aromatic rings. The van der Waals surface area contributed by atoms with Gasteiger partial charge in [-0.05, 0) is 31.4 Å². The Kier molecular flexibility index (Phi) is 6.03. The van der Waals surface area contributed by atoms with Crippen LogP contribution in [-0.2, 0) is 9.84 Å². The van der Waals surface area contributed by atoms with E-state index in [1.165, 1.54) is 0 Å². The number of rotatable bonds is 7. The molecule has 110 valence electrons. The Hall–Kier alpha value is -1.54. The van der Waals surface area contributed by atoms with Crippen molar-refractivity contribution in [1.29, 1.82) is 5.26 Å². The van der Waals surface area contributed by atoms with E-state index in [1.54, 1.807) is 31.2 Å². The lowest BCUT2D eigenvalue weighted by atomic mass is 10.2. The Balaban J connectivity index is 2.49. The molecule has 4 nitrogen and oxygen atoms in total. The minimum Gasteiger partial charge on any atom is -0.492 e. The first-order chi connectivity index (χ1) is 9.38. The van der Waals surface area contributed by atoms with E-state index >= 15 is 0 Å². The van der Waals surface area contributed by atoms with Gasteiger partial charge in [0.05, 0.1) is 23.2 Å². The van der Waals surface area contributed by atoms with Gasteiger partial charge in [0.1, 0.15) is 11.8 Å². The quantitative estimate of drug-likeness (QED) is 0.725. The van der Waals surface area contributed by atoms with E-state index in [9.17, 15) is 8.42 Å². The number of ether oxygens (including phenoxy) is 1. The molecule has 0 aromatic heterocycles. The molecule has 1 aromatic carbocycles. The second-order valence-corrected chi connectivity index (χ2v) is 7.60. The normalized spacial score (nSPS) is 12.9. The fourth-order valence-electron chi connectivity index (χ4n) is 1.73. The fourth-order valence-corrected chi connectivity index (χ4v) is 3.45. The van der Waals surface area contributed by atoms with Gasteiger partial charge in [-0.25, -0.2) is 8.42 Å². The minimum atomic E-state index is -3.07. The van der Waals surface area contributed by atoms with Crippen molar-refractivity contribution in [3.05, 3.63) is 29.8 Å². The molecule has 0 N–H and O–H groups in total. The highest BCUT2D eigenvalue weighted by Gasteiger charge is 2.23. The molecular weight excluding hydrogens is 274 g/mol. The van der Waals surface area contributed by atoms with Crippen LogP contribution in [0, 0.1) is 17.2 Å². The van der Waals surface area contributed by atoms with E-state index in [1.807, 2.05) is 19.9 Å². The monoisotopic (exact) mass is 295 g/mol. The molecule has 0 amide bonds. The molecule has 0 saturated carbocycles. The van der Waals surface area contributed by atoms with Crippen LogP contribution in [0.25, 0.3) is 0 Å². The Morgan fingerprint density at radius 2 is 1.90 bits per heavy atom. The molecule has 1 unspecified atom stereocenters. The zero-order valence-corrected chi connectivity index (χ0v) is 13.0. The number of benzene rings is 1. The van der Waals surface area contributed by atoms with Gasteiger partial charge in [0.15, 0.2) is 9.84 Å². The molecule has 5 heteroatoms. The van der Waals surface area contributed by atoms with Crippen LogP contribution < -0.4 is 4.74 Å². The average Bonchev–Trinajstić information content (AvgIpc) is 2.43. The highest BCUT2D eigenvalue weighted by atomic mass is 32.2. The first-order valence-corrected chi connectivity index (χ1v) is 8.43. The molecule has 0 fully saturated rings. The van der Waals surface area contributed by atoms with Crippen LogP contribution in [0.1, 0.15) is 32.8 Å². The SMILES string of the molecule is CC(C)C(C)S(=O)(=O)CCCOc1ccccc1C#N. The van der Waals surface area contributed by atoms with Gasteiger partial charge in [-0.3, -0.25) is 0 Å². The molecule has 0 aliphatic heterocycles. The zero-order chi connectivity index (χ0) is 15.2. The van der Waals surface area contributed by atoms with Gasteiger partial charge >= 0.3 is 0 Å². The highest BCUT2D eigenvalue weighted by molar-refractivity contribution is 7.92. The highest BCUT2D eigenvalue weighted by Crippen LogP contribution is 2.17. The summed E-state index contributed by atoms with van der Waals surface area (Å²) in [5, 5.41) is 8.57. The summed E-state index contributed by atoms with van der Waals surface area (Å²) in [5.41, 5.74) is 0.464. The lowest BCUT2D eigenvalue weighted by molar-refractivity contribution is 0.316. The van der Waals surface area contributed by atoms with E-state index in [2.05, 4.69) is 0 Å². The van der Waals surface area contributed by atoms with Crippen molar-refractivity contribution in [2.24, 2.45) is 5.92 Å². The number of hydrogen-bond acceptors (Lipinski definition) is 4. The van der Waals surface area contributed by atoms with Gasteiger partial charge < -0.3 is 4.74 Å². The van der Waals surface area contributed by atoms with E-state index in [4.69, 9.17) is 10.00 Å². The molecule has 0 radical (unpaired) electrons. The maximum atomic E-state index is 12.0. The van der Waals surface area contributed by atoms with Crippen molar-refractivity contribution >= 4 is 9.84 Å². The van der Waals surface area contributed by atoms with Crippen molar-refractivity contribution in [2.75, 3.05) is 12.4 Å². The molecule has 0 heterocycles. The standard InChI is InChI=1S/C15H21NO3S/c1-12(2)13(3)20(17,18)10-6-9-19-15-8-5-4-7-14(15)11-16/h4-5,7-8,12-13H,6,9-10H2,1-3H3. The molecule has 20 heavy (non-hydrogen) atoms. The van der Waals surface area contributed by atoms with Crippen molar-refractivity contribution in [2.45, 2.75) is 32.4 Å². The first kappa shape index (κ1) is 16.5. The summed E-state index contributed by atoms with van der Waals surface area (Å²) in [6, 6.07) is 8.98. The summed E-state index contributed by atoms with van der Waals surface area (Å²) in [5.74, 6) is 0.727. The number of para-hydroxylation sites is 1. The van der Waals surface area contributed by atoms with E-state index in [0.717, 1.165) is 0 Å². The van der Waals surface area contributed by atoms with Crippen molar-refractivity contribution < 1.29 is 13.2 Å². The lowest BCUT2D eigenvalue weighted by Crippen LogP contribution is -2.26. The minimum absolute atomic E-state index is 0.111. The smallest absolute Gasteiger partial charge is 0.153 e. The maximum Gasteiger partial charge on any atom is 0.153 e. The molecule has 0 aliphatic carbocycles. The maximum absolute atomic E-state index is 12.0. The largest absolute Gasteiger partial charge is 0.492 e. The van der Waals surface area contributed by atoms with Crippen LogP contribution in [0.3, 0.4) is 0 Å². The summed E-state index contributed by atoms with van der Waals surface area (Å²) in [7, 11) is -3.07. The third kappa shape index (κ3) is 4.53.